The first-order valence-electron chi connectivity index (χ1n) is 5.15. The molecule has 5 nitrogen and oxygen atoms in total. The van der Waals surface area contributed by atoms with E-state index >= 15 is 0 Å². The number of nitrogens with zero attached hydrogens (tertiary/aromatic N) is 1. The first-order chi connectivity index (χ1) is 7.85. The molecule has 1 aliphatic rings. The highest BCUT2D eigenvalue weighted by Gasteiger charge is 2.38. The molecule has 0 N–H and O–H groups in total. The van der Waals surface area contributed by atoms with E-state index in [4.69, 9.17) is 21.1 Å². The SMILES string of the molecule is CC(C)(C)OC(=O)N1CSCC1C(=O)OCCl. The zero-order valence-electron chi connectivity index (χ0n) is 10.1. The fraction of sp³-hybridized carbons (Fsp3) is 0.800. The number of halogens is 1. The molecule has 0 spiro atoms. The maximum Gasteiger partial charge on any atom is 0.411 e. The maximum absolute atomic E-state index is 11.8. The number of alkyl halides is 1. The molecule has 0 aromatic carbocycles. The van der Waals surface area contributed by atoms with Crippen LogP contribution in [0.15, 0.2) is 0 Å². The largest absolute Gasteiger partial charge is 0.448 e. The Morgan fingerprint density at radius 3 is 2.65 bits per heavy atom. The molecule has 1 saturated heterocycles. The molecular weight excluding hydrogens is 266 g/mol. The summed E-state index contributed by atoms with van der Waals surface area (Å²) in [5.41, 5.74) is -0.578. The highest BCUT2D eigenvalue weighted by Crippen LogP contribution is 2.24. The van der Waals surface area contributed by atoms with Gasteiger partial charge in [-0.15, -0.1) is 11.8 Å². The Bertz CT molecular complexity index is 305. The average Bonchev–Trinajstić information content (AvgIpc) is 2.63. The standard InChI is InChI=1S/C10H16ClNO4S/c1-10(2,3)16-9(14)12-6-17-4-7(12)8(13)15-5-11/h7H,4-6H2,1-3H3. The monoisotopic (exact) mass is 281 g/mol. The van der Waals surface area contributed by atoms with Crippen molar-refractivity contribution in [2.45, 2.75) is 32.4 Å². The summed E-state index contributed by atoms with van der Waals surface area (Å²) in [6.45, 7) is 5.33. The van der Waals surface area contributed by atoms with Crippen LogP contribution in [0.1, 0.15) is 20.8 Å². The number of rotatable bonds is 2. The van der Waals surface area contributed by atoms with Gasteiger partial charge >= 0.3 is 12.1 Å². The van der Waals surface area contributed by atoms with Crippen molar-refractivity contribution in [2.75, 3.05) is 17.7 Å². The Balaban J connectivity index is 2.63. The molecule has 1 aliphatic heterocycles. The van der Waals surface area contributed by atoms with Crippen molar-refractivity contribution in [1.82, 2.24) is 4.90 Å². The molecule has 1 rings (SSSR count). The number of ether oxygens (including phenoxy) is 2. The van der Waals surface area contributed by atoms with Crippen LogP contribution < -0.4 is 0 Å². The van der Waals surface area contributed by atoms with Gasteiger partial charge in [-0.25, -0.2) is 9.59 Å². The predicted octanol–water partition coefficient (Wildman–Crippen LogP) is 2.04. The minimum Gasteiger partial charge on any atom is -0.448 e. The number of esters is 1. The number of hydrogen-bond donors (Lipinski definition) is 0. The van der Waals surface area contributed by atoms with E-state index in [1.165, 1.54) is 16.7 Å². The molecule has 17 heavy (non-hydrogen) atoms. The second kappa shape index (κ2) is 5.82. The van der Waals surface area contributed by atoms with Crippen LogP contribution in [0.5, 0.6) is 0 Å². The van der Waals surface area contributed by atoms with Crippen molar-refractivity contribution in [1.29, 1.82) is 0 Å². The Morgan fingerprint density at radius 2 is 2.12 bits per heavy atom. The van der Waals surface area contributed by atoms with Gasteiger partial charge < -0.3 is 9.47 Å². The van der Waals surface area contributed by atoms with E-state index in [0.29, 0.717) is 11.6 Å². The van der Waals surface area contributed by atoms with Gasteiger partial charge in [0.25, 0.3) is 0 Å². The lowest BCUT2D eigenvalue weighted by Crippen LogP contribution is -2.45. The Hall–Kier alpha value is -0.620. The molecule has 1 fully saturated rings. The van der Waals surface area contributed by atoms with Gasteiger partial charge in [0.15, 0.2) is 6.07 Å². The van der Waals surface area contributed by atoms with Crippen LogP contribution in [0.2, 0.25) is 0 Å². The van der Waals surface area contributed by atoms with Crippen LogP contribution in [-0.2, 0) is 14.3 Å². The maximum atomic E-state index is 11.8. The van der Waals surface area contributed by atoms with Gasteiger partial charge in [-0.05, 0) is 20.8 Å². The smallest absolute Gasteiger partial charge is 0.411 e. The lowest BCUT2D eigenvalue weighted by Gasteiger charge is -2.26. The second-order valence-corrected chi connectivity index (χ2v) is 5.76. The normalized spacial score (nSPS) is 20.2. The number of hydrogen-bond acceptors (Lipinski definition) is 5. The Morgan fingerprint density at radius 1 is 1.47 bits per heavy atom. The molecule has 0 aromatic heterocycles. The van der Waals surface area contributed by atoms with E-state index in [0.717, 1.165) is 0 Å². The van der Waals surface area contributed by atoms with Crippen molar-refractivity contribution >= 4 is 35.4 Å². The Labute approximate surface area is 110 Å². The van der Waals surface area contributed by atoms with Crippen molar-refractivity contribution in [2.24, 2.45) is 0 Å². The number of carbonyl (C=O) groups is 2. The van der Waals surface area contributed by atoms with Gasteiger partial charge in [0.05, 0.1) is 5.88 Å². The summed E-state index contributed by atoms with van der Waals surface area (Å²) in [5.74, 6) is 0.446. The van der Waals surface area contributed by atoms with Gasteiger partial charge in [-0.1, -0.05) is 11.6 Å². The molecule has 0 aliphatic carbocycles. The summed E-state index contributed by atoms with van der Waals surface area (Å²) in [5, 5.41) is 0. The molecule has 0 aromatic rings. The van der Waals surface area contributed by atoms with Crippen LogP contribution in [0.25, 0.3) is 0 Å². The third kappa shape index (κ3) is 4.27. The molecule has 0 radical (unpaired) electrons. The van der Waals surface area contributed by atoms with Gasteiger partial charge in [0.2, 0.25) is 0 Å². The molecular formula is C10H16ClNO4S. The summed E-state index contributed by atoms with van der Waals surface area (Å²) >= 11 is 6.80. The summed E-state index contributed by atoms with van der Waals surface area (Å²) < 4.78 is 9.91. The fourth-order valence-electron chi connectivity index (χ4n) is 1.29. The van der Waals surface area contributed by atoms with Gasteiger partial charge in [-0.3, -0.25) is 4.90 Å². The van der Waals surface area contributed by atoms with Crippen molar-refractivity contribution in [3.05, 3.63) is 0 Å². The van der Waals surface area contributed by atoms with Gasteiger partial charge in [0.1, 0.15) is 11.6 Å². The summed E-state index contributed by atoms with van der Waals surface area (Å²) in [6.07, 6.45) is -0.501. The third-order valence-electron chi connectivity index (χ3n) is 1.98. The van der Waals surface area contributed by atoms with Crippen molar-refractivity contribution in [3.8, 4) is 0 Å². The first kappa shape index (κ1) is 14.4. The van der Waals surface area contributed by atoms with E-state index < -0.39 is 23.7 Å². The summed E-state index contributed by atoms with van der Waals surface area (Å²) in [4.78, 5) is 24.8. The lowest BCUT2D eigenvalue weighted by molar-refractivity contribution is -0.146. The van der Waals surface area contributed by atoms with Gasteiger partial charge in [-0.2, -0.15) is 0 Å². The molecule has 1 atom stereocenters. The molecule has 1 amide bonds. The van der Waals surface area contributed by atoms with Crippen LogP contribution in [0.3, 0.4) is 0 Å². The molecule has 1 heterocycles. The minimum absolute atomic E-state index is 0.206. The van der Waals surface area contributed by atoms with E-state index in [-0.39, 0.29) is 6.07 Å². The summed E-state index contributed by atoms with van der Waals surface area (Å²) in [6, 6.07) is -0.809. The first-order valence-corrected chi connectivity index (χ1v) is 6.84. The lowest BCUT2D eigenvalue weighted by atomic mass is 10.2. The van der Waals surface area contributed by atoms with Crippen molar-refractivity contribution < 1.29 is 19.1 Å². The molecule has 7 heteroatoms. The second-order valence-electron chi connectivity index (χ2n) is 4.54. The van der Waals surface area contributed by atoms with E-state index in [1.807, 2.05) is 0 Å². The number of amides is 1. The highest BCUT2D eigenvalue weighted by atomic mass is 35.5. The predicted molar refractivity (Wildman–Crippen MR) is 66.0 cm³/mol. The molecule has 0 saturated carbocycles. The number of carbonyl (C=O) groups excluding carboxylic acids is 2. The van der Waals surface area contributed by atoms with E-state index in [2.05, 4.69) is 0 Å². The number of thioether (sulfide) groups is 1. The topological polar surface area (TPSA) is 55.8 Å². The molecule has 0 bridgehead atoms. The molecule has 1 unspecified atom stereocenters. The Kier molecular flexibility index (Phi) is 4.94. The zero-order valence-corrected chi connectivity index (χ0v) is 11.6. The van der Waals surface area contributed by atoms with Crippen molar-refractivity contribution in [3.63, 3.8) is 0 Å². The average molecular weight is 282 g/mol. The fourth-order valence-corrected chi connectivity index (χ4v) is 2.52. The highest BCUT2D eigenvalue weighted by molar-refractivity contribution is 7.99. The van der Waals surface area contributed by atoms with E-state index in [9.17, 15) is 9.59 Å². The quantitative estimate of drug-likeness (QED) is 0.573. The van der Waals surface area contributed by atoms with Crippen LogP contribution in [0.4, 0.5) is 4.79 Å². The third-order valence-corrected chi connectivity index (χ3v) is 3.10. The zero-order chi connectivity index (χ0) is 13.1. The molecule has 98 valence electrons. The van der Waals surface area contributed by atoms with E-state index in [1.54, 1.807) is 20.8 Å². The van der Waals surface area contributed by atoms with Crippen LogP contribution >= 0.6 is 23.4 Å². The van der Waals surface area contributed by atoms with Crippen LogP contribution in [-0.4, -0.2) is 46.3 Å². The van der Waals surface area contributed by atoms with Gasteiger partial charge in [0, 0.05) is 5.75 Å². The minimum atomic E-state index is -0.603. The van der Waals surface area contributed by atoms with Crippen LogP contribution in [0, 0.1) is 0 Å². The summed E-state index contributed by atoms with van der Waals surface area (Å²) in [7, 11) is 0.